The molecule has 0 saturated carbocycles. The quantitative estimate of drug-likeness (QED) is 0.805. The summed E-state index contributed by atoms with van der Waals surface area (Å²) in [7, 11) is -3.47. The van der Waals surface area contributed by atoms with Crippen LogP contribution >= 0.6 is 0 Å². The lowest BCUT2D eigenvalue weighted by molar-refractivity contribution is -0.142. The number of nitrogens with zero attached hydrogens (tertiary/aromatic N) is 1. The molecule has 0 aliphatic carbocycles. The molecule has 0 spiro atoms. The van der Waals surface area contributed by atoms with Gasteiger partial charge in [-0.2, -0.15) is 4.31 Å². The molecule has 0 aromatic carbocycles. The highest BCUT2D eigenvalue weighted by Gasteiger charge is 2.36. The number of carboxylic acid groups (broad SMARTS) is 1. The summed E-state index contributed by atoms with van der Waals surface area (Å²) in [6, 6.07) is -0.876. The lowest BCUT2D eigenvalue weighted by Crippen LogP contribution is -2.48. The third-order valence-electron chi connectivity index (χ3n) is 3.90. The van der Waals surface area contributed by atoms with E-state index in [9.17, 15) is 13.2 Å². The molecule has 2 heterocycles. The van der Waals surface area contributed by atoms with Crippen molar-refractivity contribution < 1.29 is 23.1 Å². The molecular formula is C12H21NO5S. The second-order valence-electron chi connectivity index (χ2n) is 5.29. The van der Waals surface area contributed by atoms with Gasteiger partial charge in [0.25, 0.3) is 0 Å². The molecule has 2 fully saturated rings. The Bertz CT molecular complexity index is 416. The molecule has 2 aliphatic rings. The van der Waals surface area contributed by atoms with Crippen molar-refractivity contribution in [1.29, 1.82) is 0 Å². The van der Waals surface area contributed by atoms with Crippen molar-refractivity contribution in [2.24, 2.45) is 5.92 Å². The number of hydrogen-bond donors (Lipinski definition) is 1. The number of aliphatic carboxylic acids is 1. The predicted octanol–water partition coefficient (Wildman–Crippen LogP) is 0.682. The number of rotatable bonds is 5. The Balaban J connectivity index is 1.97. The number of sulfonamides is 1. The first kappa shape index (κ1) is 14.7. The second-order valence-corrected chi connectivity index (χ2v) is 7.34. The van der Waals surface area contributed by atoms with Gasteiger partial charge in [0.15, 0.2) is 0 Å². The van der Waals surface area contributed by atoms with Crippen molar-refractivity contribution in [1.82, 2.24) is 4.31 Å². The fourth-order valence-corrected chi connectivity index (χ4v) is 4.58. The van der Waals surface area contributed by atoms with Gasteiger partial charge in [0, 0.05) is 19.8 Å². The highest BCUT2D eigenvalue weighted by atomic mass is 32.2. The highest BCUT2D eigenvalue weighted by molar-refractivity contribution is 7.89. The maximum Gasteiger partial charge on any atom is 0.322 e. The van der Waals surface area contributed by atoms with Gasteiger partial charge >= 0.3 is 5.97 Å². The van der Waals surface area contributed by atoms with Gasteiger partial charge in [-0.05, 0) is 38.0 Å². The van der Waals surface area contributed by atoms with Gasteiger partial charge in [-0.1, -0.05) is 0 Å². The van der Waals surface area contributed by atoms with Crippen LogP contribution in [0.15, 0.2) is 0 Å². The first-order chi connectivity index (χ1) is 9.00. The van der Waals surface area contributed by atoms with Crippen molar-refractivity contribution in [3.63, 3.8) is 0 Å². The Hall–Kier alpha value is -0.660. The first-order valence-electron chi connectivity index (χ1n) is 6.81. The van der Waals surface area contributed by atoms with Gasteiger partial charge in [-0.3, -0.25) is 4.79 Å². The summed E-state index contributed by atoms with van der Waals surface area (Å²) in [6.45, 7) is 1.66. The molecule has 1 N–H and O–H groups in total. The van der Waals surface area contributed by atoms with Crippen LogP contribution in [0, 0.1) is 5.92 Å². The van der Waals surface area contributed by atoms with E-state index in [4.69, 9.17) is 9.84 Å². The average molecular weight is 291 g/mol. The Kier molecular flexibility index (Phi) is 4.81. The summed E-state index contributed by atoms with van der Waals surface area (Å²) in [4.78, 5) is 11.1. The van der Waals surface area contributed by atoms with Crippen LogP contribution in [0.2, 0.25) is 0 Å². The molecule has 110 valence electrons. The minimum Gasteiger partial charge on any atom is -0.480 e. The second kappa shape index (κ2) is 6.19. The first-order valence-corrected chi connectivity index (χ1v) is 8.41. The molecule has 2 aliphatic heterocycles. The monoisotopic (exact) mass is 291 g/mol. The summed E-state index contributed by atoms with van der Waals surface area (Å²) in [5.41, 5.74) is 0. The van der Waals surface area contributed by atoms with Gasteiger partial charge in [0.1, 0.15) is 6.04 Å². The Morgan fingerprint density at radius 2 is 2.11 bits per heavy atom. The summed E-state index contributed by atoms with van der Waals surface area (Å²) >= 11 is 0. The van der Waals surface area contributed by atoms with E-state index in [1.165, 1.54) is 4.31 Å². The largest absolute Gasteiger partial charge is 0.480 e. The number of ether oxygens (including phenoxy) is 1. The van der Waals surface area contributed by atoms with Gasteiger partial charge in [-0.15, -0.1) is 0 Å². The standard InChI is InChI=1S/C12H21NO5S/c14-12(15)11-3-1-2-6-13(11)19(16,17)8-5-10-4-7-18-9-10/h10-11H,1-9H2,(H,14,15). The van der Waals surface area contributed by atoms with E-state index in [1.807, 2.05) is 0 Å². The maximum atomic E-state index is 12.3. The van der Waals surface area contributed by atoms with Crippen LogP contribution in [0.5, 0.6) is 0 Å². The minimum atomic E-state index is -3.47. The summed E-state index contributed by atoms with van der Waals surface area (Å²) < 4.78 is 31.0. The zero-order valence-electron chi connectivity index (χ0n) is 11.0. The minimum absolute atomic E-state index is 0.0325. The predicted molar refractivity (Wildman–Crippen MR) is 69.3 cm³/mol. The van der Waals surface area contributed by atoms with Crippen molar-refractivity contribution >= 4 is 16.0 Å². The van der Waals surface area contributed by atoms with Crippen LogP contribution in [0.1, 0.15) is 32.1 Å². The summed E-state index contributed by atoms with van der Waals surface area (Å²) in [5, 5.41) is 9.13. The molecule has 2 atom stereocenters. The SMILES string of the molecule is O=C(O)C1CCCCN1S(=O)(=O)CCC1CCOC1. The molecule has 0 amide bonds. The molecule has 2 saturated heterocycles. The normalized spacial score (nSPS) is 29.5. The number of carbonyl (C=O) groups is 1. The Morgan fingerprint density at radius 3 is 2.74 bits per heavy atom. The van der Waals surface area contributed by atoms with Crippen LogP contribution in [-0.4, -0.2) is 55.4 Å². The van der Waals surface area contributed by atoms with E-state index in [2.05, 4.69) is 0 Å². The summed E-state index contributed by atoms with van der Waals surface area (Å²) in [5.74, 6) is -0.708. The molecular weight excluding hydrogens is 270 g/mol. The Morgan fingerprint density at radius 1 is 1.32 bits per heavy atom. The summed E-state index contributed by atoms with van der Waals surface area (Å²) in [6.07, 6.45) is 3.40. The lowest BCUT2D eigenvalue weighted by Gasteiger charge is -2.32. The molecule has 0 aromatic heterocycles. The van der Waals surface area contributed by atoms with E-state index >= 15 is 0 Å². The number of piperidine rings is 1. The van der Waals surface area contributed by atoms with E-state index in [1.54, 1.807) is 0 Å². The maximum absolute atomic E-state index is 12.3. The fraction of sp³-hybridized carbons (Fsp3) is 0.917. The number of carboxylic acids is 1. The van der Waals surface area contributed by atoms with Crippen molar-refractivity contribution in [3.05, 3.63) is 0 Å². The van der Waals surface area contributed by atoms with Crippen LogP contribution in [0.25, 0.3) is 0 Å². The van der Waals surface area contributed by atoms with Gasteiger partial charge in [-0.25, -0.2) is 8.42 Å². The third-order valence-corrected chi connectivity index (χ3v) is 5.81. The van der Waals surface area contributed by atoms with Crippen LogP contribution < -0.4 is 0 Å². The van der Waals surface area contributed by atoms with E-state index in [-0.39, 0.29) is 5.75 Å². The zero-order chi connectivity index (χ0) is 13.9. The van der Waals surface area contributed by atoms with E-state index < -0.39 is 22.0 Å². The Labute approximate surface area is 113 Å². The van der Waals surface area contributed by atoms with Gasteiger partial charge in [0.05, 0.1) is 5.75 Å². The van der Waals surface area contributed by atoms with E-state index in [0.717, 1.165) is 19.3 Å². The molecule has 0 aromatic rings. The fourth-order valence-electron chi connectivity index (χ4n) is 2.73. The van der Waals surface area contributed by atoms with Crippen LogP contribution in [-0.2, 0) is 19.6 Å². The van der Waals surface area contributed by atoms with Crippen molar-refractivity contribution in [2.75, 3.05) is 25.5 Å². The highest BCUT2D eigenvalue weighted by Crippen LogP contribution is 2.23. The van der Waals surface area contributed by atoms with Gasteiger partial charge < -0.3 is 9.84 Å². The third kappa shape index (κ3) is 3.67. The molecule has 19 heavy (non-hydrogen) atoms. The van der Waals surface area contributed by atoms with Crippen molar-refractivity contribution in [3.8, 4) is 0 Å². The lowest BCUT2D eigenvalue weighted by atomic mass is 10.1. The molecule has 2 unspecified atom stereocenters. The zero-order valence-corrected chi connectivity index (χ0v) is 11.8. The number of hydrogen-bond acceptors (Lipinski definition) is 4. The topological polar surface area (TPSA) is 83.9 Å². The van der Waals surface area contributed by atoms with E-state index in [0.29, 0.717) is 38.5 Å². The molecule has 6 nitrogen and oxygen atoms in total. The molecule has 0 bridgehead atoms. The molecule has 7 heteroatoms. The van der Waals surface area contributed by atoms with Crippen LogP contribution in [0.4, 0.5) is 0 Å². The smallest absolute Gasteiger partial charge is 0.322 e. The molecule has 0 radical (unpaired) electrons. The van der Waals surface area contributed by atoms with Gasteiger partial charge in [0.2, 0.25) is 10.0 Å². The van der Waals surface area contributed by atoms with Crippen LogP contribution in [0.3, 0.4) is 0 Å². The van der Waals surface area contributed by atoms with Crippen molar-refractivity contribution in [2.45, 2.75) is 38.1 Å². The average Bonchev–Trinajstić information content (AvgIpc) is 2.89. The molecule has 2 rings (SSSR count).